The minimum atomic E-state index is -3.33. The van der Waals surface area contributed by atoms with E-state index in [9.17, 15) is 8.42 Å². The van der Waals surface area contributed by atoms with Crippen molar-refractivity contribution in [2.75, 3.05) is 44.2 Å². The predicted molar refractivity (Wildman–Crippen MR) is 116 cm³/mol. The zero-order valence-electron chi connectivity index (χ0n) is 16.1. The molecule has 29 heavy (non-hydrogen) atoms. The molecular formula is C20H23N5O2S2. The summed E-state index contributed by atoms with van der Waals surface area (Å²) in [4.78, 5) is 13.3. The van der Waals surface area contributed by atoms with E-state index in [4.69, 9.17) is 0 Å². The Morgan fingerprint density at radius 3 is 2.28 bits per heavy atom. The van der Waals surface area contributed by atoms with Gasteiger partial charge in [-0.3, -0.25) is 0 Å². The minimum Gasteiger partial charge on any atom is -0.353 e. The molecule has 9 heteroatoms. The van der Waals surface area contributed by atoms with Gasteiger partial charge in [-0.2, -0.15) is 17.0 Å². The summed E-state index contributed by atoms with van der Waals surface area (Å²) in [6.45, 7) is 3.53. The normalized spacial score (nSPS) is 19.2. The van der Waals surface area contributed by atoms with Crippen LogP contribution in [0.4, 0.5) is 5.82 Å². The average Bonchev–Trinajstić information content (AvgIpc) is 3.45. The standard InChI is InChI=1S/C20H23N5O2S2/c26-29(27,24-8-4-5-9-24)25-12-10-23(11-13-25)19-17-14-18(16-6-2-1-3-7-16)28-20(17)22-15-21-19/h1-3,6-7,14-15H,4-5,8-13H2. The van der Waals surface area contributed by atoms with Gasteiger partial charge in [0.05, 0.1) is 5.39 Å². The van der Waals surface area contributed by atoms with E-state index in [-0.39, 0.29) is 0 Å². The van der Waals surface area contributed by atoms with Gasteiger partial charge in [0.25, 0.3) is 10.2 Å². The lowest BCUT2D eigenvalue weighted by Crippen LogP contribution is -2.52. The van der Waals surface area contributed by atoms with Crippen molar-refractivity contribution < 1.29 is 8.42 Å². The van der Waals surface area contributed by atoms with Crippen LogP contribution in [0.5, 0.6) is 0 Å². The van der Waals surface area contributed by atoms with Crippen molar-refractivity contribution >= 4 is 37.6 Å². The van der Waals surface area contributed by atoms with Gasteiger partial charge in [0, 0.05) is 44.1 Å². The van der Waals surface area contributed by atoms with Crippen molar-refractivity contribution in [3.05, 3.63) is 42.7 Å². The molecule has 0 bridgehead atoms. The van der Waals surface area contributed by atoms with Crippen LogP contribution in [0.3, 0.4) is 0 Å². The van der Waals surface area contributed by atoms with Crippen LogP contribution in [-0.2, 0) is 10.2 Å². The maximum atomic E-state index is 12.8. The summed E-state index contributed by atoms with van der Waals surface area (Å²) in [5, 5.41) is 1.03. The molecule has 0 amide bonds. The molecule has 0 spiro atoms. The number of nitrogens with zero attached hydrogens (tertiary/aromatic N) is 5. The molecule has 1 aromatic carbocycles. The molecule has 152 valence electrons. The first kappa shape index (κ1) is 18.9. The first-order valence-corrected chi connectivity index (χ1v) is 12.1. The summed E-state index contributed by atoms with van der Waals surface area (Å²) >= 11 is 1.66. The molecule has 0 aliphatic carbocycles. The SMILES string of the molecule is O=S(=O)(N1CCCC1)N1CCN(c2ncnc3sc(-c4ccccc4)cc23)CC1. The summed E-state index contributed by atoms with van der Waals surface area (Å²) in [7, 11) is -3.33. The van der Waals surface area contributed by atoms with Gasteiger partial charge in [0.1, 0.15) is 17.0 Å². The van der Waals surface area contributed by atoms with Gasteiger partial charge in [0.2, 0.25) is 0 Å². The van der Waals surface area contributed by atoms with Crippen LogP contribution in [0.25, 0.3) is 20.7 Å². The third-order valence-corrected chi connectivity index (χ3v) is 8.75. The largest absolute Gasteiger partial charge is 0.353 e. The number of fused-ring (bicyclic) bond motifs is 1. The Labute approximate surface area is 174 Å². The second-order valence-corrected chi connectivity index (χ2v) is 10.4. The van der Waals surface area contributed by atoms with Gasteiger partial charge >= 0.3 is 0 Å². The molecule has 7 nitrogen and oxygen atoms in total. The monoisotopic (exact) mass is 429 g/mol. The van der Waals surface area contributed by atoms with E-state index in [1.807, 2.05) is 18.2 Å². The van der Waals surface area contributed by atoms with E-state index >= 15 is 0 Å². The highest BCUT2D eigenvalue weighted by Crippen LogP contribution is 2.36. The fourth-order valence-corrected chi connectivity index (χ4v) is 6.72. The Bertz CT molecular complexity index is 1100. The third kappa shape index (κ3) is 3.52. The third-order valence-electron chi connectivity index (χ3n) is 5.62. The molecule has 4 heterocycles. The molecule has 2 aliphatic rings. The van der Waals surface area contributed by atoms with Crippen LogP contribution in [0.2, 0.25) is 0 Å². The maximum Gasteiger partial charge on any atom is 0.282 e. The molecule has 0 atom stereocenters. The highest BCUT2D eigenvalue weighted by atomic mass is 32.2. The number of benzene rings is 1. The van der Waals surface area contributed by atoms with Crippen LogP contribution in [-0.4, -0.2) is 66.3 Å². The number of rotatable bonds is 4. The summed E-state index contributed by atoms with van der Waals surface area (Å²) in [5.41, 5.74) is 1.17. The zero-order chi connectivity index (χ0) is 19.8. The van der Waals surface area contributed by atoms with Gasteiger partial charge in [-0.1, -0.05) is 30.3 Å². The van der Waals surface area contributed by atoms with Crippen LogP contribution < -0.4 is 4.90 Å². The van der Waals surface area contributed by atoms with Gasteiger partial charge in [0.15, 0.2) is 0 Å². The number of piperazine rings is 1. The van der Waals surface area contributed by atoms with Gasteiger partial charge in [-0.15, -0.1) is 11.3 Å². The fraction of sp³-hybridized carbons (Fsp3) is 0.400. The van der Waals surface area contributed by atoms with E-state index in [0.29, 0.717) is 39.3 Å². The van der Waals surface area contributed by atoms with E-state index in [1.165, 1.54) is 5.56 Å². The van der Waals surface area contributed by atoms with Crippen LogP contribution in [0, 0.1) is 0 Å². The van der Waals surface area contributed by atoms with E-state index < -0.39 is 10.2 Å². The number of hydrogen-bond acceptors (Lipinski definition) is 6. The molecule has 2 aliphatic heterocycles. The molecular weight excluding hydrogens is 406 g/mol. The molecule has 0 N–H and O–H groups in total. The Morgan fingerprint density at radius 2 is 1.55 bits per heavy atom. The summed E-state index contributed by atoms with van der Waals surface area (Å²) in [5.74, 6) is 0.895. The molecule has 2 saturated heterocycles. The second-order valence-electron chi connectivity index (χ2n) is 7.39. The van der Waals surface area contributed by atoms with Crippen LogP contribution in [0.15, 0.2) is 42.7 Å². The molecule has 3 aromatic rings. The van der Waals surface area contributed by atoms with Crippen molar-refractivity contribution in [3.8, 4) is 10.4 Å². The lowest BCUT2D eigenvalue weighted by Gasteiger charge is -2.36. The van der Waals surface area contributed by atoms with Crippen molar-refractivity contribution in [2.24, 2.45) is 0 Å². The average molecular weight is 430 g/mol. The topological polar surface area (TPSA) is 69.6 Å². The second kappa shape index (κ2) is 7.64. The lowest BCUT2D eigenvalue weighted by atomic mass is 10.2. The van der Waals surface area contributed by atoms with Crippen molar-refractivity contribution in [2.45, 2.75) is 12.8 Å². The Hall–Kier alpha value is -2.07. The maximum absolute atomic E-state index is 12.8. The Morgan fingerprint density at radius 1 is 0.862 bits per heavy atom. The highest BCUT2D eigenvalue weighted by molar-refractivity contribution is 7.86. The number of hydrogen-bond donors (Lipinski definition) is 0. The molecule has 2 fully saturated rings. The Kier molecular flexibility index (Phi) is 4.99. The van der Waals surface area contributed by atoms with Crippen LogP contribution in [0.1, 0.15) is 12.8 Å². The number of aromatic nitrogens is 2. The first-order chi connectivity index (χ1) is 14.1. The van der Waals surface area contributed by atoms with Crippen LogP contribution >= 0.6 is 11.3 Å². The summed E-state index contributed by atoms with van der Waals surface area (Å²) < 4.78 is 28.9. The summed E-state index contributed by atoms with van der Waals surface area (Å²) in [6, 6.07) is 12.4. The van der Waals surface area contributed by atoms with Crippen molar-refractivity contribution in [3.63, 3.8) is 0 Å². The Balaban J connectivity index is 1.37. The van der Waals surface area contributed by atoms with E-state index in [1.54, 1.807) is 26.3 Å². The zero-order valence-corrected chi connectivity index (χ0v) is 17.7. The van der Waals surface area contributed by atoms with Crippen molar-refractivity contribution in [1.29, 1.82) is 0 Å². The molecule has 0 radical (unpaired) electrons. The first-order valence-electron chi connectivity index (χ1n) is 9.93. The highest BCUT2D eigenvalue weighted by Gasteiger charge is 2.34. The number of anilines is 1. The smallest absolute Gasteiger partial charge is 0.282 e. The van der Waals surface area contributed by atoms with Gasteiger partial charge in [-0.25, -0.2) is 9.97 Å². The lowest BCUT2D eigenvalue weighted by molar-refractivity contribution is 0.343. The molecule has 5 rings (SSSR count). The summed E-state index contributed by atoms with van der Waals surface area (Å²) in [6.07, 6.45) is 3.52. The van der Waals surface area contributed by atoms with E-state index in [0.717, 1.165) is 33.8 Å². The van der Waals surface area contributed by atoms with Crippen molar-refractivity contribution in [1.82, 2.24) is 18.6 Å². The molecule has 0 saturated carbocycles. The van der Waals surface area contributed by atoms with Gasteiger partial charge in [-0.05, 0) is 24.5 Å². The van der Waals surface area contributed by atoms with Gasteiger partial charge < -0.3 is 4.90 Å². The quantitative estimate of drug-likeness (QED) is 0.638. The van der Waals surface area contributed by atoms with E-state index in [2.05, 4.69) is 33.1 Å². The fourth-order valence-electron chi connectivity index (χ4n) is 4.05. The minimum absolute atomic E-state index is 0.486. The molecule has 2 aromatic heterocycles. The molecule has 0 unspecified atom stereocenters. The number of thiophene rings is 1. The predicted octanol–water partition coefficient (Wildman–Crippen LogP) is 2.82.